The number of benzene rings is 1. The number of fused-ring (bicyclic) bond motifs is 1. The van der Waals surface area contributed by atoms with Crippen molar-refractivity contribution in [1.82, 2.24) is 14.3 Å². The monoisotopic (exact) mass is 412 g/mol. The van der Waals surface area contributed by atoms with Gasteiger partial charge in [0.1, 0.15) is 5.65 Å². The number of nitrogens with one attached hydrogen (secondary N) is 1. The lowest BCUT2D eigenvalue weighted by Crippen LogP contribution is -2.32. The topological polar surface area (TPSA) is 49.6 Å². The van der Waals surface area contributed by atoms with Crippen molar-refractivity contribution in [3.05, 3.63) is 71.1 Å². The molecule has 0 spiro atoms. The van der Waals surface area contributed by atoms with E-state index < -0.39 is 0 Å². The molecule has 1 aromatic carbocycles. The van der Waals surface area contributed by atoms with Gasteiger partial charge in [0.15, 0.2) is 5.15 Å². The van der Waals surface area contributed by atoms with Crippen LogP contribution in [-0.2, 0) is 11.3 Å². The van der Waals surface area contributed by atoms with Crippen LogP contribution in [0.2, 0.25) is 5.15 Å². The third kappa shape index (κ3) is 4.41. The third-order valence-electron chi connectivity index (χ3n) is 4.69. The highest BCUT2D eigenvalue weighted by atomic mass is 35.5. The van der Waals surface area contributed by atoms with Gasteiger partial charge in [-0.15, -0.1) is 0 Å². The Morgan fingerprint density at radius 2 is 1.96 bits per heavy atom. The minimum atomic E-state index is -0.191. The van der Waals surface area contributed by atoms with Crippen LogP contribution in [0.25, 0.3) is 11.7 Å². The molecule has 0 unspecified atom stereocenters. The van der Waals surface area contributed by atoms with Crippen LogP contribution in [0.1, 0.15) is 11.3 Å². The minimum absolute atomic E-state index is 0.191. The molecule has 0 aliphatic carbocycles. The number of carbonyl (C=O) groups excluding carboxylic acids is 1. The number of carbonyl (C=O) groups is 1. The normalized spacial score (nSPS) is 15.3. The van der Waals surface area contributed by atoms with E-state index >= 15 is 0 Å². The molecule has 1 aliphatic heterocycles. The van der Waals surface area contributed by atoms with Crippen LogP contribution in [0, 0.1) is 0 Å². The van der Waals surface area contributed by atoms with Crippen molar-refractivity contribution in [2.75, 3.05) is 29.9 Å². The molecule has 3 aromatic rings. The number of halogens is 1. The molecule has 2 aromatic heterocycles. The Balaban J connectivity index is 1.48. The van der Waals surface area contributed by atoms with E-state index in [1.54, 1.807) is 6.08 Å². The molecule has 1 saturated heterocycles. The van der Waals surface area contributed by atoms with Gasteiger partial charge >= 0.3 is 0 Å². The number of para-hydroxylation sites is 1. The summed E-state index contributed by atoms with van der Waals surface area (Å²) in [6.45, 7) is 3.01. The zero-order valence-corrected chi connectivity index (χ0v) is 16.9. The lowest BCUT2D eigenvalue weighted by molar-refractivity contribution is -0.111. The Bertz CT molecular complexity index is 1010. The first-order valence-electron chi connectivity index (χ1n) is 9.20. The van der Waals surface area contributed by atoms with E-state index in [-0.39, 0.29) is 5.91 Å². The SMILES string of the molecule is O=C(/C=C/c1c(Cl)nc2ccccn12)Nc1ccccc1CN1CCSCC1. The van der Waals surface area contributed by atoms with E-state index in [1.807, 2.05) is 58.8 Å². The van der Waals surface area contributed by atoms with Crippen molar-refractivity contribution in [3.63, 3.8) is 0 Å². The summed E-state index contributed by atoms with van der Waals surface area (Å²) in [7, 11) is 0. The molecule has 144 valence electrons. The average Bonchev–Trinajstić information content (AvgIpc) is 3.04. The predicted octanol–water partition coefficient (Wildman–Crippen LogP) is 4.19. The maximum absolute atomic E-state index is 12.5. The maximum Gasteiger partial charge on any atom is 0.248 e. The second-order valence-corrected chi connectivity index (χ2v) is 8.17. The fourth-order valence-electron chi connectivity index (χ4n) is 3.24. The van der Waals surface area contributed by atoms with Crippen molar-refractivity contribution in [1.29, 1.82) is 0 Å². The summed E-state index contributed by atoms with van der Waals surface area (Å²) >= 11 is 8.22. The van der Waals surface area contributed by atoms with Gasteiger partial charge in [-0.3, -0.25) is 14.1 Å². The number of amides is 1. The summed E-state index contributed by atoms with van der Waals surface area (Å²) < 4.78 is 1.86. The number of anilines is 1. The second-order valence-electron chi connectivity index (χ2n) is 6.58. The summed E-state index contributed by atoms with van der Waals surface area (Å²) in [6, 6.07) is 13.6. The van der Waals surface area contributed by atoms with Crippen molar-refractivity contribution in [2.24, 2.45) is 0 Å². The standard InChI is InChI=1S/C21H21ClN4OS/c22-21-18(26-10-4-3-7-19(26)24-21)8-9-20(27)23-17-6-2-1-5-16(17)15-25-11-13-28-14-12-25/h1-10H,11-15H2,(H,23,27)/b9-8+. The van der Waals surface area contributed by atoms with Crippen LogP contribution in [0.5, 0.6) is 0 Å². The third-order valence-corrected chi connectivity index (χ3v) is 5.91. The van der Waals surface area contributed by atoms with Gasteiger partial charge in [0, 0.05) is 49.1 Å². The maximum atomic E-state index is 12.5. The summed E-state index contributed by atoms with van der Waals surface area (Å²) in [5.74, 6) is 2.14. The number of thioether (sulfide) groups is 1. The zero-order chi connectivity index (χ0) is 19.3. The van der Waals surface area contributed by atoms with Crippen LogP contribution in [0.15, 0.2) is 54.7 Å². The van der Waals surface area contributed by atoms with Crippen LogP contribution in [-0.4, -0.2) is 44.8 Å². The highest BCUT2D eigenvalue weighted by Gasteiger charge is 2.13. The molecule has 0 atom stereocenters. The number of aromatic nitrogens is 2. The first-order chi connectivity index (χ1) is 13.7. The van der Waals surface area contributed by atoms with Gasteiger partial charge in [-0.05, 0) is 29.8 Å². The van der Waals surface area contributed by atoms with E-state index in [1.165, 1.54) is 6.08 Å². The summed E-state index contributed by atoms with van der Waals surface area (Å²) in [6.07, 6.45) is 5.07. The van der Waals surface area contributed by atoms with Crippen molar-refractivity contribution < 1.29 is 4.79 Å². The average molecular weight is 413 g/mol. The molecule has 1 N–H and O–H groups in total. The number of pyridine rings is 1. The molecular weight excluding hydrogens is 392 g/mol. The van der Waals surface area contributed by atoms with E-state index in [2.05, 4.69) is 21.3 Å². The number of nitrogens with zero attached hydrogens (tertiary/aromatic N) is 3. The van der Waals surface area contributed by atoms with Crippen LogP contribution >= 0.6 is 23.4 Å². The lowest BCUT2D eigenvalue weighted by atomic mass is 10.1. The molecular formula is C21H21ClN4OS. The van der Waals surface area contributed by atoms with E-state index in [0.717, 1.165) is 48.0 Å². The zero-order valence-electron chi connectivity index (χ0n) is 15.3. The Morgan fingerprint density at radius 3 is 2.82 bits per heavy atom. The molecule has 3 heterocycles. The molecule has 1 fully saturated rings. The highest BCUT2D eigenvalue weighted by Crippen LogP contribution is 2.21. The van der Waals surface area contributed by atoms with E-state index in [0.29, 0.717) is 10.8 Å². The number of hydrogen-bond donors (Lipinski definition) is 1. The van der Waals surface area contributed by atoms with E-state index in [9.17, 15) is 4.79 Å². The fraction of sp³-hybridized carbons (Fsp3) is 0.238. The summed E-state index contributed by atoms with van der Waals surface area (Å²) in [5.41, 5.74) is 3.41. The van der Waals surface area contributed by atoms with Crippen molar-refractivity contribution in [3.8, 4) is 0 Å². The quantitative estimate of drug-likeness (QED) is 0.638. The number of imidazole rings is 1. The van der Waals surface area contributed by atoms with Gasteiger partial charge in [0.2, 0.25) is 5.91 Å². The van der Waals surface area contributed by atoms with Gasteiger partial charge < -0.3 is 5.32 Å². The van der Waals surface area contributed by atoms with Crippen molar-refractivity contribution in [2.45, 2.75) is 6.54 Å². The summed E-state index contributed by atoms with van der Waals surface area (Å²) in [4.78, 5) is 19.2. The number of hydrogen-bond acceptors (Lipinski definition) is 4. The van der Waals surface area contributed by atoms with Gasteiger partial charge in [0.25, 0.3) is 0 Å². The smallest absolute Gasteiger partial charge is 0.248 e. The molecule has 4 rings (SSSR count). The highest BCUT2D eigenvalue weighted by molar-refractivity contribution is 7.99. The lowest BCUT2D eigenvalue weighted by Gasteiger charge is -2.27. The molecule has 0 saturated carbocycles. The molecule has 7 heteroatoms. The molecule has 0 bridgehead atoms. The minimum Gasteiger partial charge on any atom is -0.322 e. The first kappa shape index (κ1) is 19.1. The van der Waals surface area contributed by atoms with Gasteiger partial charge in [0.05, 0.1) is 5.69 Å². The van der Waals surface area contributed by atoms with Gasteiger partial charge in [-0.2, -0.15) is 11.8 Å². The molecule has 5 nitrogen and oxygen atoms in total. The molecule has 28 heavy (non-hydrogen) atoms. The van der Waals surface area contributed by atoms with Crippen LogP contribution < -0.4 is 5.32 Å². The van der Waals surface area contributed by atoms with Gasteiger partial charge in [-0.25, -0.2) is 4.98 Å². The van der Waals surface area contributed by atoms with Crippen LogP contribution in [0.3, 0.4) is 0 Å². The molecule has 0 radical (unpaired) electrons. The molecule has 1 aliphatic rings. The fourth-order valence-corrected chi connectivity index (χ4v) is 4.46. The first-order valence-corrected chi connectivity index (χ1v) is 10.7. The van der Waals surface area contributed by atoms with E-state index in [4.69, 9.17) is 11.6 Å². The predicted molar refractivity (Wildman–Crippen MR) is 117 cm³/mol. The Labute approximate surface area is 173 Å². The molecule has 1 amide bonds. The Kier molecular flexibility index (Phi) is 6.00. The summed E-state index contributed by atoms with van der Waals surface area (Å²) in [5, 5.41) is 3.37. The van der Waals surface area contributed by atoms with Gasteiger partial charge in [-0.1, -0.05) is 35.9 Å². The largest absolute Gasteiger partial charge is 0.322 e. The van der Waals surface area contributed by atoms with Crippen molar-refractivity contribution >= 4 is 46.7 Å². The second kappa shape index (κ2) is 8.82. The Morgan fingerprint density at radius 1 is 1.18 bits per heavy atom. The Hall–Kier alpha value is -2.28. The number of rotatable bonds is 5. The van der Waals surface area contributed by atoms with Crippen LogP contribution in [0.4, 0.5) is 5.69 Å².